The normalized spacial score (nSPS) is 13.6. The van der Waals surface area contributed by atoms with Crippen LogP contribution in [0.5, 0.6) is 0 Å². The number of carbonyl (C=O) groups excluding carboxylic acids is 1. The monoisotopic (exact) mass is 756 g/mol. The van der Waals surface area contributed by atoms with Gasteiger partial charge < -0.3 is 10.1 Å². The van der Waals surface area contributed by atoms with Crippen molar-refractivity contribution in [2.75, 3.05) is 0 Å². The van der Waals surface area contributed by atoms with Crippen LogP contribution in [0.15, 0.2) is 60.8 Å². The van der Waals surface area contributed by atoms with Gasteiger partial charge in [0.1, 0.15) is 0 Å². The third kappa shape index (κ3) is 7.27. The van der Waals surface area contributed by atoms with Gasteiger partial charge in [-0.25, -0.2) is 0 Å². The molecule has 1 radical (unpaired) electrons. The topological polar surface area (TPSA) is 63.1 Å². The predicted octanol–water partition coefficient (Wildman–Crippen LogP) is 9.96. The van der Waals surface area contributed by atoms with E-state index in [-0.39, 0.29) is 48.9 Å². The molecule has 43 heavy (non-hydrogen) atoms. The molecule has 1 aliphatic carbocycles. The van der Waals surface area contributed by atoms with E-state index in [1.165, 1.54) is 38.9 Å². The minimum absolute atomic E-state index is 0. The summed E-state index contributed by atoms with van der Waals surface area (Å²) in [7, 11) is 0. The van der Waals surface area contributed by atoms with E-state index >= 15 is 0 Å². The van der Waals surface area contributed by atoms with Gasteiger partial charge in [0.05, 0.1) is 5.76 Å². The quantitative estimate of drug-likeness (QED) is 0.105. The zero-order valence-corrected chi connectivity index (χ0v) is 29.4. The second kappa shape index (κ2) is 14.7. The molecule has 0 unspecified atom stereocenters. The van der Waals surface area contributed by atoms with Crippen molar-refractivity contribution >= 4 is 27.3 Å². The van der Waals surface area contributed by atoms with E-state index in [1.54, 1.807) is 0 Å². The zero-order valence-electron chi connectivity index (χ0n) is 27.0. The Kier molecular flexibility index (Phi) is 11.9. The van der Waals surface area contributed by atoms with Gasteiger partial charge in [-0.15, -0.1) is 12.1 Å². The van der Waals surface area contributed by atoms with Crippen molar-refractivity contribution in [3.05, 3.63) is 83.5 Å². The first-order chi connectivity index (χ1) is 20.0. The van der Waals surface area contributed by atoms with Crippen molar-refractivity contribution in [3.8, 4) is 11.3 Å². The Balaban J connectivity index is 0.000000274. The molecular formula is C38H47IrN2O2-. The fourth-order valence-electron chi connectivity index (χ4n) is 6.32. The third-order valence-corrected chi connectivity index (χ3v) is 8.92. The average molecular weight is 756 g/mol. The maximum Gasteiger partial charge on any atom is 0.162 e. The molecule has 5 heteroatoms. The van der Waals surface area contributed by atoms with Crippen LogP contribution in [0.2, 0.25) is 0 Å². The van der Waals surface area contributed by atoms with Crippen LogP contribution in [0.25, 0.3) is 32.8 Å². The molecule has 5 rings (SSSR count). The first-order valence-electron chi connectivity index (χ1n) is 15.7. The summed E-state index contributed by atoms with van der Waals surface area (Å²) in [5.74, 6) is 1.19. The predicted molar refractivity (Wildman–Crippen MR) is 176 cm³/mol. The van der Waals surface area contributed by atoms with Crippen LogP contribution < -0.4 is 0 Å². The molecule has 2 aromatic carbocycles. The van der Waals surface area contributed by atoms with Crippen LogP contribution in [0.3, 0.4) is 0 Å². The fraction of sp³-hybridized carbons (Fsp3) is 0.447. The fourth-order valence-corrected chi connectivity index (χ4v) is 6.32. The molecule has 0 atom stereocenters. The van der Waals surface area contributed by atoms with E-state index < -0.39 is 0 Å². The van der Waals surface area contributed by atoms with Gasteiger partial charge in [0.15, 0.2) is 5.78 Å². The average Bonchev–Trinajstić information content (AvgIpc) is 2.96. The van der Waals surface area contributed by atoms with E-state index in [1.807, 2.05) is 46.3 Å². The van der Waals surface area contributed by atoms with E-state index in [0.717, 1.165) is 48.7 Å². The number of allylic oxidation sites excluding steroid dienone is 2. The first kappa shape index (κ1) is 34.6. The van der Waals surface area contributed by atoms with E-state index in [9.17, 15) is 9.90 Å². The molecular weight excluding hydrogens is 709 g/mol. The molecule has 0 spiro atoms. The molecule has 4 aromatic rings. The minimum atomic E-state index is -0.0927. The Morgan fingerprint density at radius 3 is 2.21 bits per heavy atom. The Bertz CT molecular complexity index is 1600. The summed E-state index contributed by atoms with van der Waals surface area (Å²) in [6, 6.07) is 14.9. The summed E-state index contributed by atoms with van der Waals surface area (Å²) in [6.07, 6.45) is 11.7. The van der Waals surface area contributed by atoms with Crippen molar-refractivity contribution in [2.24, 2.45) is 17.8 Å². The van der Waals surface area contributed by atoms with Crippen LogP contribution in [-0.2, 0) is 36.7 Å². The number of hydrogen-bond donors (Lipinski definition) is 1. The summed E-state index contributed by atoms with van der Waals surface area (Å²) in [5, 5.41) is 14.6. The van der Waals surface area contributed by atoms with E-state index in [4.69, 9.17) is 4.98 Å². The Morgan fingerprint density at radius 2 is 1.58 bits per heavy atom. The second-order valence-electron chi connectivity index (χ2n) is 12.6. The SMILES string of the molecule is CC(C)Cc1cc2c3c(nccc3c1)-c1[c-]c3cnccc3cc1C2(C)C.CCC(CC)C(=O)/C=C(\O)C(CC)CC.[Ir]. The molecule has 0 bridgehead atoms. The summed E-state index contributed by atoms with van der Waals surface area (Å²) in [6.45, 7) is 17.3. The van der Waals surface area contributed by atoms with Crippen molar-refractivity contribution in [1.29, 1.82) is 0 Å². The van der Waals surface area contributed by atoms with Crippen LogP contribution >= 0.6 is 0 Å². The summed E-state index contributed by atoms with van der Waals surface area (Å²) in [5.41, 5.74) is 6.18. The van der Waals surface area contributed by atoms with Crippen LogP contribution in [0.1, 0.15) is 97.8 Å². The van der Waals surface area contributed by atoms with Crippen molar-refractivity contribution < 1.29 is 30.0 Å². The molecule has 0 aliphatic heterocycles. The Morgan fingerprint density at radius 1 is 0.930 bits per heavy atom. The van der Waals surface area contributed by atoms with Gasteiger partial charge in [0.2, 0.25) is 0 Å². The number of pyridine rings is 2. The number of fused-ring (bicyclic) bond motifs is 3. The van der Waals surface area contributed by atoms with Gasteiger partial charge in [0, 0.05) is 56.1 Å². The maximum atomic E-state index is 11.7. The van der Waals surface area contributed by atoms with Gasteiger partial charge in [-0.05, 0) is 77.6 Å². The molecule has 2 aromatic heterocycles. The maximum absolute atomic E-state index is 11.7. The number of aromatic nitrogens is 2. The molecule has 1 N–H and O–H groups in total. The van der Waals surface area contributed by atoms with Gasteiger partial charge >= 0.3 is 0 Å². The molecule has 4 nitrogen and oxygen atoms in total. The molecule has 0 saturated carbocycles. The van der Waals surface area contributed by atoms with E-state index in [2.05, 4.69) is 69.1 Å². The van der Waals surface area contributed by atoms with Crippen molar-refractivity contribution in [3.63, 3.8) is 0 Å². The second-order valence-corrected chi connectivity index (χ2v) is 12.6. The molecule has 1 aliphatic rings. The van der Waals surface area contributed by atoms with Crippen molar-refractivity contribution in [2.45, 2.75) is 92.9 Å². The number of carbonyl (C=O) groups is 1. The zero-order chi connectivity index (χ0) is 30.6. The van der Waals surface area contributed by atoms with Gasteiger partial charge in [-0.2, -0.15) is 0 Å². The molecule has 0 fully saturated rings. The summed E-state index contributed by atoms with van der Waals surface area (Å²) in [4.78, 5) is 20.8. The van der Waals surface area contributed by atoms with Crippen LogP contribution in [-0.4, -0.2) is 20.9 Å². The van der Waals surface area contributed by atoms with E-state index in [0.29, 0.717) is 5.92 Å². The smallest absolute Gasteiger partial charge is 0.162 e. The first-order valence-corrected chi connectivity index (χ1v) is 15.7. The van der Waals surface area contributed by atoms with Crippen molar-refractivity contribution in [1.82, 2.24) is 9.97 Å². The number of nitrogens with zero attached hydrogens (tertiary/aromatic N) is 2. The number of hydrogen-bond acceptors (Lipinski definition) is 4. The van der Waals surface area contributed by atoms with Gasteiger partial charge in [-0.1, -0.05) is 95.5 Å². The standard InChI is InChI=1S/C25H23N2.C13H24O2.Ir/c1-15(2)9-16-10-18-6-8-27-24-20-12-19-14-26-7-5-17(19)13-21(20)25(3,4)22(11-16)23(18)24;1-5-10(6-2)12(14)9-13(15)11(7-3)8-4;/h5-8,10-11,13-15H,9H2,1-4H3;9-11,14H,5-8H2,1-4H3;/q-1;;/b;12-9-;. The third-order valence-electron chi connectivity index (χ3n) is 8.92. The number of rotatable bonds is 9. The Labute approximate surface area is 271 Å². The number of benzene rings is 2. The number of aliphatic hydroxyl groups is 1. The molecule has 0 saturated heterocycles. The van der Waals surface area contributed by atoms with Crippen LogP contribution in [0, 0.1) is 23.8 Å². The van der Waals surface area contributed by atoms with Crippen LogP contribution in [0.4, 0.5) is 0 Å². The largest absolute Gasteiger partial charge is 0.512 e. The molecule has 0 amide bonds. The summed E-state index contributed by atoms with van der Waals surface area (Å²) >= 11 is 0. The van der Waals surface area contributed by atoms with Gasteiger partial charge in [-0.3, -0.25) is 9.78 Å². The number of aliphatic hydroxyl groups excluding tert-OH is 1. The molecule has 2 heterocycles. The Hall–Kier alpha value is -2.88. The molecule has 231 valence electrons. The summed E-state index contributed by atoms with van der Waals surface area (Å²) < 4.78 is 0. The number of ketones is 1. The van der Waals surface area contributed by atoms with Gasteiger partial charge in [0.25, 0.3) is 0 Å². The minimum Gasteiger partial charge on any atom is -0.512 e.